The second-order valence-corrected chi connectivity index (χ2v) is 6.63. The van der Waals surface area contributed by atoms with Crippen LogP contribution in [0.2, 0.25) is 0 Å². The minimum Gasteiger partial charge on any atom is -0.394 e. The van der Waals surface area contributed by atoms with Gasteiger partial charge >= 0.3 is 0 Å². The zero-order chi connectivity index (χ0) is 20.5. The highest BCUT2D eigenvalue weighted by Gasteiger charge is 2.45. The summed E-state index contributed by atoms with van der Waals surface area (Å²) in [5.41, 5.74) is 10.1. The number of hydrogen-bond acceptors (Lipinski definition) is 10. The number of nitrogens with two attached hydrogens (primary N) is 1. The third-order valence-corrected chi connectivity index (χ3v) is 4.66. The molecule has 3 aromatic heterocycles. The molecule has 6 N–H and O–H groups in total. The molecule has 4 heterocycles. The number of aryl methyl sites for hydroxylation is 1. The second kappa shape index (κ2) is 7.67. The average Bonchev–Trinajstić information content (AvgIpc) is 3.22. The van der Waals surface area contributed by atoms with Crippen LogP contribution >= 0.6 is 0 Å². The van der Waals surface area contributed by atoms with Gasteiger partial charge in [-0.25, -0.2) is 24.9 Å². The summed E-state index contributed by atoms with van der Waals surface area (Å²) in [7, 11) is 1.91. The number of rotatable bonds is 5. The first-order valence-corrected chi connectivity index (χ1v) is 8.85. The van der Waals surface area contributed by atoms with E-state index >= 15 is 0 Å². The fourth-order valence-corrected chi connectivity index (χ4v) is 3.10. The van der Waals surface area contributed by atoms with E-state index in [9.17, 15) is 15.3 Å². The van der Waals surface area contributed by atoms with Crippen LogP contribution in [0.15, 0.2) is 36.0 Å². The number of imidazole rings is 1. The van der Waals surface area contributed by atoms with Crippen molar-refractivity contribution in [3.63, 3.8) is 0 Å². The fraction of sp³-hybridized carbons (Fsp3) is 0.353. The number of fused-ring (bicyclic) bond motifs is 1. The summed E-state index contributed by atoms with van der Waals surface area (Å²) in [5, 5.41) is 34.1. The number of nitrogens with zero attached hydrogens (tertiary/aromatic N) is 6. The first-order chi connectivity index (χ1) is 14.0. The van der Waals surface area contributed by atoms with Crippen molar-refractivity contribution in [2.24, 2.45) is 12.1 Å². The number of nitrogen functional groups attached to an aromatic ring is 1. The van der Waals surface area contributed by atoms with Crippen molar-refractivity contribution in [3.8, 4) is 0 Å². The van der Waals surface area contributed by atoms with Crippen molar-refractivity contribution in [1.82, 2.24) is 19.5 Å². The number of aliphatic hydroxyl groups is 3. The van der Waals surface area contributed by atoms with Gasteiger partial charge in [0.1, 0.15) is 31.7 Å². The molecule has 0 spiro atoms. The van der Waals surface area contributed by atoms with Crippen LogP contribution in [0.5, 0.6) is 0 Å². The number of aliphatic hydroxyl groups excluding tert-OH is 3. The zero-order valence-corrected chi connectivity index (χ0v) is 15.5. The Morgan fingerprint density at radius 2 is 2.07 bits per heavy atom. The standard InChI is InChI=1S/C17H20N8O4/c1-24-4-2-9(3-5-24)6-21-23-17-22-11-14(18)19-8-20-15(11)25(17)16-13(28)12(27)10(7-26)29-16/h2-6,8,10,12-13,16,26-28H,7H2,1H3,(H2,18,19,20,21)/p+1. The number of hydrazone groups is 1. The van der Waals surface area contributed by atoms with Crippen LogP contribution < -0.4 is 15.7 Å². The average molecular weight is 401 g/mol. The second-order valence-electron chi connectivity index (χ2n) is 6.63. The molecule has 0 bridgehead atoms. The summed E-state index contributed by atoms with van der Waals surface area (Å²) in [6.07, 6.45) is 2.01. The van der Waals surface area contributed by atoms with Crippen LogP contribution in [-0.2, 0) is 11.8 Å². The summed E-state index contributed by atoms with van der Waals surface area (Å²) in [4.78, 5) is 12.5. The molecule has 1 fully saturated rings. The van der Waals surface area contributed by atoms with E-state index in [1.807, 2.05) is 36.1 Å². The predicted octanol–water partition coefficient (Wildman–Crippen LogP) is -1.71. The lowest BCUT2D eigenvalue weighted by atomic mass is 10.1. The minimum absolute atomic E-state index is 0.142. The van der Waals surface area contributed by atoms with Crippen LogP contribution in [0, 0.1) is 0 Å². The molecule has 1 saturated heterocycles. The van der Waals surface area contributed by atoms with Crippen LogP contribution in [0.25, 0.3) is 11.2 Å². The molecular formula is C17H21N8O4+. The topological polar surface area (TPSA) is 168 Å². The van der Waals surface area contributed by atoms with Crippen molar-refractivity contribution in [2.45, 2.75) is 24.5 Å². The van der Waals surface area contributed by atoms with Gasteiger partial charge in [0.05, 0.1) is 12.8 Å². The van der Waals surface area contributed by atoms with Gasteiger partial charge in [0.15, 0.2) is 35.6 Å². The molecule has 12 nitrogen and oxygen atoms in total. The van der Waals surface area contributed by atoms with Crippen LogP contribution in [0.3, 0.4) is 0 Å². The normalized spacial score (nSPS) is 24.6. The summed E-state index contributed by atoms with van der Waals surface area (Å²) < 4.78 is 8.95. The summed E-state index contributed by atoms with van der Waals surface area (Å²) in [6.45, 7) is -0.454. The SMILES string of the molecule is C[n+]1ccc(/C=N/Nc2nc3c(N)ncnc3n2C2OC(CO)C(O)C2O)cc1. The molecule has 0 saturated carbocycles. The maximum absolute atomic E-state index is 10.4. The molecule has 29 heavy (non-hydrogen) atoms. The number of hydrogen-bond donors (Lipinski definition) is 5. The predicted molar refractivity (Wildman–Crippen MR) is 102 cm³/mol. The maximum Gasteiger partial charge on any atom is 0.228 e. The van der Waals surface area contributed by atoms with E-state index in [2.05, 4.69) is 25.5 Å². The smallest absolute Gasteiger partial charge is 0.228 e. The molecule has 152 valence electrons. The number of anilines is 2. The fourth-order valence-electron chi connectivity index (χ4n) is 3.10. The van der Waals surface area contributed by atoms with Gasteiger partial charge in [-0.2, -0.15) is 5.10 Å². The quantitative estimate of drug-likeness (QED) is 0.190. The van der Waals surface area contributed by atoms with Gasteiger partial charge in [0.2, 0.25) is 5.95 Å². The first-order valence-electron chi connectivity index (χ1n) is 8.85. The molecule has 1 aliphatic rings. The largest absolute Gasteiger partial charge is 0.394 e. The van der Waals surface area contributed by atoms with Crippen molar-refractivity contribution in [1.29, 1.82) is 0 Å². The molecule has 0 amide bonds. The molecule has 4 rings (SSSR count). The van der Waals surface area contributed by atoms with E-state index in [-0.39, 0.29) is 22.9 Å². The highest BCUT2D eigenvalue weighted by Crippen LogP contribution is 2.35. The Hall–Kier alpha value is -3.19. The Labute approximate surface area is 164 Å². The van der Waals surface area contributed by atoms with E-state index in [1.54, 1.807) is 6.21 Å². The van der Waals surface area contributed by atoms with Crippen molar-refractivity contribution >= 4 is 29.1 Å². The first kappa shape index (κ1) is 19.1. The zero-order valence-electron chi connectivity index (χ0n) is 15.5. The van der Waals surface area contributed by atoms with E-state index in [0.717, 1.165) is 5.56 Å². The molecule has 4 unspecified atom stereocenters. The van der Waals surface area contributed by atoms with Gasteiger partial charge < -0.3 is 25.8 Å². The van der Waals surface area contributed by atoms with Gasteiger partial charge in [-0.3, -0.25) is 4.57 Å². The highest BCUT2D eigenvalue weighted by molar-refractivity contribution is 5.84. The van der Waals surface area contributed by atoms with Gasteiger partial charge in [-0.1, -0.05) is 0 Å². The lowest BCUT2D eigenvalue weighted by molar-refractivity contribution is -0.671. The van der Waals surface area contributed by atoms with E-state index < -0.39 is 31.1 Å². The van der Waals surface area contributed by atoms with E-state index in [4.69, 9.17) is 10.5 Å². The third kappa shape index (κ3) is 3.49. The number of nitrogens with one attached hydrogen (secondary N) is 1. The van der Waals surface area contributed by atoms with Gasteiger partial charge in [-0.15, -0.1) is 0 Å². The Kier molecular flexibility index (Phi) is 5.07. The molecule has 3 aromatic rings. The van der Waals surface area contributed by atoms with Gasteiger partial charge in [-0.05, 0) is 0 Å². The van der Waals surface area contributed by atoms with Crippen molar-refractivity contribution in [3.05, 3.63) is 36.4 Å². The Morgan fingerprint density at radius 1 is 1.31 bits per heavy atom. The Morgan fingerprint density at radius 3 is 2.76 bits per heavy atom. The molecule has 1 aliphatic heterocycles. The summed E-state index contributed by atoms with van der Waals surface area (Å²) in [5.74, 6) is 0.322. The molecule has 4 atom stereocenters. The number of aromatic nitrogens is 5. The molecule has 0 aromatic carbocycles. The summed E-state index contributed by atoms with van der Waals surface area (Å²) in [6, 6.07) is 3.76. The van der Waals surface area contributed by atoms with Crippen molar-refractivity contribution < 1.29 is 24.6 Å². The van der Waals surface area contributed by atoms with Crippen LogP contribution in [0.1, 0.15) is 11.8 Å². The van der Waals surface area contributed by atoms with Gasteiger partial charge in [0, 0.05) is 17.7 Å². The van der Waals surface area contributed by atoms with Gasteiger partial charge in [0.25, 0.3) is 0 Å². The molecule has 12 heteroatoms. The van der Waals surface area contributed by atoms with E-state index in [1.165, 1.54) is 10.9 Å². The molecular weight excluding hydrogens is 380 g/mol. The maximum atomic E-state index is 10.4. The molecule has 0 radical (unpaired) electrons. The lowest BCUT2D eigenvalue weighted by Gasteiger charge is -2.18. The van der Waals surface area contributed by atoms with Crippen LogP contribution in [0.4, 0.5) is 11.8 Å². The monoisotopic (exact) mass is 401 g/mol. The third-order valence-electron chi connectivity index (χ3n) is 4.66. The molecule has 0 aliphatic carbocycles. The minimum atomic E-state index is -1.32. The highest BCUT2D eigenvalue weighted by atomic mass is 16.6. The van der Waals surface area contributed by atoms with Crippen LogP contribution in [-0.4, -0.2) is 66.0 Å². The summed E-state index contributed by atoms with van der Waals surface area (Å²) >= 11 is 0. The Bertz CT molecular complexity index is 1040. The number of pyridine rings is 1. The number of ether oxygens (including phenoxy) is 1. The van der Waals surface area contributed by atoms with E-state index in [0.29, 0.717) is 0 Å². The Balaban J connectivity index is 1.71. The lowest BCUT2D eigenvalue weighted by Crippen LogP contribution is -2.33. The van der Waals surface area contributed by atoms with Crippen molar-refractivity contribution in [2.75, 3.05) is 17.8 Å².